The van der Waals surface area contributed by atoms with E-state index in [1.165, 1.54) is 12.1 Å². The van der Waals surface area contributed by atoms with Crippen molar-refractivity contribution in [2.24, 2.45) is 0 Å². The molecule has 4 nitrogen and oxygen atoms in total. The van der Waals surface area contributed by atoms with E-state index in [2.05, 4.69) is 0 Å². The molecule has 0 saturated carbocycles. The first kappa shape index (κ1) is 14.5. The van der Waals surface area contributed by atoms with Gasteiger partial charge in [0.2, 0.25) is 11.8 Å². The van der Waals surface area contributed by atoms with Crippen LogP contribution in [0.15, 0.2) is 24.3 Å². The first-order chi connectivity index (χ1) is 9.60. The predicted octanol–water partition coefficient (Wildman–Crippen LogP) is 1.80. The molecule has 1 aromatic rings. The summed E-state index contributed by atoms with van der Waals surface area (Å²) in [6.07, 6.45) is 1.27. The first-order valence-corrected chi connectivity index (χ1v) is 6.90. The maximum atomic E-state index is 13.1. The molecule has 0 radical (unpaired) electrons. The van der Waals surface area contributed by atoms with Crippen LogP contribution in [0.25, 0.3) is 0 Å². The summed E-state index contributed by atoms with van der Waals surface area (Å²) in [6.45, 7) is 3.53. The van der Waals surface area contributed by atoms with Crippen molar-refractivity contribution >= 4 is 11.8 Å². The number of hydrogen-bond acceptors (Lipinski definition) is 2. The maximum Gasteiger partial charge on any atom is 0.242 e. The van der Waals surface area contributed by atoms with Gasteiger partial charge in [-0.25, -0.2) is 4.39 Å². The Kier molecular flexibility index (Phi) is 4.71. The molecule has 1 saturated heterocycles. The Morgan fingerprint density at radius 1 is 1.35 bits per heavy atom. The van der Waals surface area contributed by atoms with Crippen molar-refractivity contribution < 1.29 is 14.0 Å². The Bertz CT molecular complexity index is 504. The number of hydrogen-bond donors (Lipinski definition) is 0. The van der Waals surface area contributed by atoms with E-state index in [9.17, 15) is 14.0 Å². The Labute approximate surface area is 118 Å². The second-order valence-corrected chi connectivity index (χ2v) is 5.01. The molecule has 0 atom stereocenters. The maximum absolute atomic E-state index is 13.1. The van der Waals surface area contributed by atoms with Gasteiger partial charge in [0, 0.05) is 26.1 Å². The van der Waals surface area contributed by atoms with Crippen LogP contribution in [0.1, 0.15) is 25.3 Å². The molecule has 1 fully saturated rings. The van der Waals surface area contributed by atoms with E-state index in [1.54, 1.807) is 21.9 Å². The van der Waals surface area contributed by atoms with Crippen LogP contribution < -0.4 is 0 Å². The third kappa shape index (κ3) is 3.56. The van der Waals surface area contributed by atoms with Crippen LogP contribution in [0, 0.1) is 5.82 Å². The Morgan fingerprint density at radius 2 is 2.15 bits per heavy atom. The lowest BCUT2D eigenvalue weighted by atomic mass is 10.2. The van der Waals surface area contributed by atoms with E-state index in [1.807, 2.05) is 6.92 Å². The fourth-order valence-electron chi connectivity index (χ4n) is 2.32. The number of rotatable bonds is 4. The van der Waals surface area contributed by atoms with Crippen LogP contribution in [0.2, 0.25) is 0 Å². The van der Waals surface area contributed by atoms with Gasteiger partial charge in [-0.1, -0.05) is 19.1 Å². The Balaban J connectivity index is 1.93. The highest BCUT2D eigenvalue weighted by atomic mass is 19.1. The van der Waals surface area contributed by atoms with Crippen LogP contribution in [-0.2, 0) is 16.1 Å². The van der Waals surface area contributed by atoms with Crippen molar-refractivity contribution in [3.05, 3.63) is 35.6 Å². The molecule has 1 aliphatic heterocycles. The quantitative estimate of drug-likeness (QED) is 0.842. The van der Waals surface area contributed by atoms with Gasteiger partial charge in [-0.2, -0.15) is 0 Å². The molecule has 0 unspecified atom stereocenters. The van der Waals surface area contributed by atoms with E-state index in [4.69, 9.17) is 0 Å². The zero-order valence-corrected chi connectivity index (χ0v) is 11.6. The number of carbonyl (C=O) groups excluding carboxylic acids is 2. The molecular formula is C15H19FN2O2. The van der Waals surface area contributed by atoms with Crippen LogP contribution in [0.5, 0.6) is 0 Å². The van der Waals surface area contributed by atoms with Crippen LogP contribution in [0.3, 0.4) is 0 Å². The highest BCUT2D eigenvalue weighted by Gasteiger charge is 2.26. The van der Waals surface area contributed by atoms with E-state index >= 15 is 0 Å². The van der Waals surface area contributed by atoms with Crippen molar-refractivity contribution in [3.8, 4) is 0 Å². The molecule has 0 aromatic heterocycles. The summed E-state index contributed by atoms with van der Waals surface area (Å²) in [4.78, 5) is 27.1. The molecule has 1 heterocycles. The van der Waals surface area contributed by atoms with Gasteiger partial charge in [-0.05, 0) is 24.1 Å². The zero-order chi connectivity index (χ0) is 14.5. The number of amides is 2. The minimum Gasteiger partial charge on any atom is -0.335 e. The van der Waals surface area contributed by atoms with Crippen LogP contribution in [-0.4, -0.2) is 41.2 Å². The number of nitrogens with zero attached hydrogens (tertiary/aromatic N) is 2. The first-order valence-electron chi connectivity index (χ1n) is 6.90. The number of carbonyl (C=O) groups is 2. The number of piperazine rings is 1. The molecule has 0 spiro atoms. The van der Waals surface area contributed by atoms with E-state index in [0.29, 0.717) is 26.1 Å². The average molecular weight is 278 g/mol. The third-order valence-corrected chi connectivity index (χ3v) is 3.40. The van der Waals surface area contributed by atoms with Gasteiger partial charge in [-0.3, -0.25) is 9.59 Å². The van der Waals surface area contributed by atoms with Crippen molar-refractivity contribution in [3.63, 3.8) is 0 Å². The van der Waals surface area contributed by atoms with E-state index in [-0.39, 0.29) is 24.2 Å². The largest absolute Gasteiger partial charge is 0.335 e. The molecule has 0 aliphatic carbocycles. The topological polar surface area (TPSA) is 40.6 Å². The predicted molar refractivity (Wildman–Crippen MR) is 73.3 cm³/mol. The monoisotopic (exact) mass is 278 g/mol. The average Bonchev–Trinajstić information content (AvgIpc) is 2.41. The second kappa shape index (κ2) is 6.50. The molecule has 20 heavy (non-hydrogen) atoms. The van der Waals surface area contributed by atoms with Gasteiger partial charge in [0.15, 0.2) is 0 Å². The summed E-state index contributed by atoms with van der Waals surface area (Å²) in [7, 11) is 0. The lowest BCUT2D eigenvalue weighted by molar-refractivity contribution is -0.145. The Morgan fingerprint density at radius 3 is 2.80 bits per heavy atom. The van der Waals surface area contributed by atoms with Crippen molar-refractivity contribution in [1.82, 2.24) is 9.80 Å². The van der Waals surface area contributed by atoms with Crippen molar-refractivity contribution in [1.29, 1.82) is 0 Å². The van der Waals surface area contributed by atoms with E-state index < -0.39 is 0 Å². The minimum atomic E-state index is -0.299. The lowest BCUT2D eigenvalue weighted by Crippen LogP contribution is -2.51. The smallest absolute Gasteiger partial charge is 0.242 e. The highest BCUT2D eigenvalue weighted by molar-refractivity contribution is 5.86. The summed E-state index contributed by atoms with van der Waals surface area (Å²) in [5.41, 5.74) is 0.770. The van der Waals surface area contributed by atoms with Crippen LogP contribution >= 0.6 is 0 Å². The SMILES string of the molecule is CCCC(=O)N1CCN(Cc2cccc(F)c2)C(=O)C1. The summed E-state index contributed by atoms with van der Waals surface area (Å²) < 4.78 is 13.1. The summed E-state index contributed by atoms with van der Waals surface area (Å²) in [6, 6.07) is 6.25. The fraction of sp³-hybridized carbons (Fsp3) is 0.467. The number of benzene rings is 1. The molecule has 2 rings (SSSR count). The summed E-state index contributed by atoms with van der Waals surface area (Å²) in [5, 5.41) is 0. The highest BCUT2D eigenvalue weighted by Crippen LogP contribution is 2.12. The molecule has 1 aromatic carbocycles. The van der Waals surface area contributed by atoms with Gasteiger partial charge >= 0.3 is 0 Å². The van der Waals surface area contributed by atoms with Gasteiger partial charge in [0.05, 0.1) is 6.54 Å². The molecule has 1 aliphatic rings. The molecule has 0 N–H and O–H groups in total. The molecular weight excluding hydrogens is 259 g/mol. The van der Waals surface area contributed by atoms with Gasteiger partial charge in [0.25, 0.3) is 0 Å². The minimum absolute atomic E-state index is 0.0336. The molecule has 108 valence electrons. The zero-order valence-electron chi connectivity index (χ0n) is 11.6. The molecule has 0 bridgehead atoms. The van der Waals surface area contributed by atoms with Crippen LogP contribution in [0.4, 0.5) is 4.39 Å². The van der Waals surface area contributed by atoms with Crippen molar-refractivity contribution in [2.75, 3.05) is 19.6 Å². The number of halogens is 1. The second-order valence-electron chi connectivity index (χ2n) is 5.01. The third-order valence-electron chi connectivity index (χ3n) is 3.40. The molecule has 2 amide bonds. The summed E-state index contributed by atoms with van der Waals surface area (Å²) >= 11 is 0. The lowest BCUT2D eigenvalue weighted by Gasteiger charge is -2.34. The van der Waals surface area contributed by atoms with Gasteiger partial charge in [-0.15, -0.1) is 0 Å². The van der Waals surface area contributed by atoms with Gasteiger partial charge in [0.1, 0.15) is 5.82 Å². The summed E-state index contributed by atoms with van der Waals surface area (Å²) in [5.74, 6) is -0.345. The van der Waals surface area contributed by atoms with Crippen molar-refractivity contribution in [2.45, 2.75) is 26.3 Å². The standard InChI is InChI=1S/C15H19FN2O2/c1-2-4-14(19)18-8-7-17(15(20)11-18)10-12-5-3-6-13(16)9-12/h3,5-6,9H,2,4,7-8,10-11H2,1H3. The Hall–Kier alpha value is -1.91. The van der Waals surface area contributed by atoms with E-state index in [0.717, 1.165) is 12.0 Å². The van der Waals surface area contributed by atoms with Gasteiger partial charge < -0.3 is 9.80 Å². The normalized spacial score (nSPS) is 15.6. The fourth-order valence-corrected chi connectivity index (χ4v) is 2.32. The molecule has 5 heteroatoms.